The van der Waals surface area contributed by atoms with Gasteiger partial charge in [0.15, 0.2) is 11.5 Å². The molecule has 3 heterocycles. The van der Waals surface area contributed by atoms with Gasteiger partial charge < -0.3 is 10.1 Å². The molecule has 0 bridgehead atoms. The first-order chi connectivity index (χ1) is 14.2. The van der Waals surface area contributed by atoms with Crippen LogP contribution in [0.1, 0.15) is 17.6 Å². The van der Waals surface area contributed by atoms with Crippen LogP contribution in [-0.4, -0.2) is 31.5 Å². The number of alkyl halides is 2. The predicted molar refractivity (Wildman–Crippen MR) is 103 cm³/mol. The van der Waals surface area contributed by atoms with Crippen LogP contribution in [0.5, 0.6) is 11.6 Å². The van der Waals surface area contributed by atoms with Crippen molar-refractivity contribution < 1.29 is 13.5 Å². The second-order valence-corrected chi connectivity index (χ2v) is 6.10. The van der Waals surface area contributed by atoms with Crippen LogP contribution < -0.4 is 10.1 Å². The number of halogens is 2. The number of benzene rings is 1. The lowest BCUT2D eigenvalue weighted by Crippen LogP contribution is -2.08. The SMILES string of the molecule is FC(F)c1ccnc(Oc2ccc(CCNc3ncnc4nccnc34)cc2)c1. The van der Waals surface area contributed by atoms with Gasteiger partial charge in [-0.05, 0) is 30.2 Å². The van der Waals surface area contributed by atoms with Crippen LogP contribution in [0.3, 0.4) is 0 Å². The third kappa shape index (κ3) is 4.57. The number of hydrogen-bond acceptors (Lipinski definition) is 7. The molecule has 9 heteroatoms. The molecule has 0 aliphatic heterocycles. The van der Waals surface area contributed by atoms with Crippen LogP contribution in [0.25, 0.3) is 11.2 Å². The highest BCUT2D eigenvalue weighted by Gasteiger charge is 2.09. The van der Waals surface area contributed by atoms with Crippen LogP contribution in [0.15, 0.2) is 61.3 Å². The molecule has 0 radical (unpaired) electrons. The van der Waals surface area contributed by atoms with E-state index in [1.807, 2.05) is 12.1 Å². The van der Waals surface area contributed by atoms with Crippen molar-refractivity contribution in [3.8, 4) is 11.6 Å². The Morgan fingerprint density at radius 2 is 1.72 bits per heavy atom. The topological polar surface area (TPSA) is 85.7 Å². The quantitative estimate of drug-likeness (QED) is 0.503. The smallest absolute Gasteiger partial charge is 0.264 e. The van der Waals surface area contributed by atoms with Gasteiger partial charge in [0.1, 0.15) is 17.6 Å². The number of aromatic nitrogens is 5. The molecule has 3 aromatic heterocycles. The normalized spacial score (nSPS) is 11.0. The Kier molecular flexibility index (Phi) is 5.46. The molecule has 0 spiro atoms. The molecule has 0 amide bonds. The zero-order valence-electron chi connectivity index (χ0n) is 15.2. The van der Waals surface area contributed by atoms with Crippen LogP contribution in [0, 0.1) is 0 Å². The summed E-state index contributed by atoms with van der Waals surface area (Å²) < 4.78 is 31.1. The van der Waals surface area contributed by atoms with E-state index in [2.05, 4.69) is 30.2 Å². The van der Waals surface area contributed by atoms with Crippen molar-refractivity contribution in [1.82, 2.24) is 24.9 Å². The Morgan fingerprint density at radius 3 is 2.55 bits per heavy atom. The monoisotopic (exact) mass is 394 g/mol. The van der Waals surface area contributed by atoms with E-state index in [1.54, 1.807) is 24.5 Å². The van der Waals surface area contributed by atoms with Crippen molar-refractivity contribution >= 4 is 17.0 Å². The number of nitrogens with zero attached hydrogens (tertiary/aromatic N) is 5. The molecule has 1 aromatic carbocycles. The van der Waals surface area contributed by atoms with Gasteiger partial charge in [0.05, 0.1) is 0 Å². The number of ether oxygens (including phenoxy) is 1. The van der Waals surface area contributed by atoms with E-state index in [9.17, 15) is 8.78 Å². The van der Waals surface area contributed by atoms with E-state index >= 15 is 0 Å². The molecule has 29 heavy (non-hydrogen) atoms. The highest BCUT2D eigenvalue weighted by atomic mass is 19.3. The van der Waals surface area contributed by atoms with Crippen molar-refractivity contribution in [1.29, 1.82) is 0 Å². The first-order valence-corrected chi connectivity index (χ1v) is 8.85. The van der Waals surface area contributed by atoms with E-state index in [0.29, 0.717) is 29.3 Å². The summed E-state index contributed by atoms with van der Waals surface area (Å²) >= 11 is 0. The summed E-state index contributed by atoms with van der Waals surface area (Å²) in [4.78, 5) is 20.7. The minimum absolute atomic E-state index is 0.125. The number of fused-ring (bicyclic) bond motifs is 1. The highest BCUT2D eigenvalue weighted by molar-refractivity contribution is 5.81. The standard InChI is InChI=1S/C20H16F2N6O/c21-18(22)14-6-8-23-16(11-14)29-15-3-1-13(2-4-15)5-7-25-19-17-20(28-12-27-19)26-10-9-24-17/h1-4,6,8-12,18H,5,7H2,(H,25,26,27,28). The predicted octanol–water partition coefficient (Wildman–Crippen LogP) is 4.20. The molecule has 0 saturated carbocycles. The molecule has 146 valence electrons. The maximum Gasteiger partial charge on any atom is 0.264 e. The lowest BCUT2D eigenvalue weighted by atomic mass is 10.1. The molecule has 1 N–H and O–H groups in total. The summed E-state index contributed by atoms with van der Waals surface area (Å²) in [6, 6.07) is 9.87. The van der Waals surface area contributed by atoms with Gasteiger partial charge in [0, 0.05) is 36.8 Å². The van der Waals surface area contributed by atoms with Gasteiger partial charge in [0.2, 0.25) is 5.88 Å². The van der Waals surface area contributed by atoms with E-state index in [0.717, 1.165) is 12.0 Å². The van der Waals surface area contributed by atoms with Crippen molar-refractivity contribution in [2.75, 3.05) is 11.9 Å². The van der Waals surface area contributed by atoms with Crippen molar-refractivity contribution in [3.63, 3.8) is 0 Å². The Labute approximate surface area is 164 Å². The van der Waals surface area contributed by atoms with Gasteiger partial charge in [0.25, 0.3) is 6.43 Å². The van der Waals surface area contributed by atoms with Crippen molar-refractivity contribution in [2.24, 2.45) is 0 Å². The fourth-order valence-corrected chi connectivity index (χ4v) is 2.71. The molecule has 0 unspecified atom stereocenters. The van der Waals surface area contributed by atoms with Gasteiger partial charge in [-0.1, -0.05) is 12.1 Å². The maximum atomic E-state index is 12.8. The van der Waals surface area contributed by atoms with E-state index in [1.165, 1.54) is 24.7 Å². The fourth-order valence-electron chi connectivity index (χ4n) is 2.71. The highest BCUT2D eigenvalue weighted by Crippen LogP contribution is 2.25. The van der Waals surface area contributed by atoms with Crippen molar-refractivity contribution in [2.45, 2.75) is 12.8 Å². The number of anilines is 1. The molecule has 0 fully saturated rings. The largest absolute Gasteiger partial charge is 0.439 e. The minimum Gasteiger partial charge on any atom is -0.439 e. The summed E-state index contributed by atoms with van der Waals surface area (Å²) in [6.45, 7) is 0.640. The molecule has 4 rings (SSSR count). The summed E-state index contributed by atoms with van der Waals surface area (Å²) in [6.07, 6.45) is 4.11. The van der Waals surface area contributed by atoms with Crippen LogP contribution >= 0.6 is 0 Å². The lowest BCUT2D eigenvalue weighted by Gasteiger charge is -2.09. The summed E-state index contributed by atoms with van der Waals surface area (Å²) in [5, 5.41) is 3.24. The van der Waals surface area contributed by atoms with Crippen molar-refractivity contribution in [3.05, 3.63) is 72.4 Å². The van der Waals surface area contributed by atoms with Gasteiger partial charge in [-0.25, -0.2) is 33.7 Å². The fraction of sp³-hybridized carbons (Fsp3) is 0.150. The zero-order valence-corrected chi connectivity index (χ0v) is 15.2. The zero-order chi connectivity index (χ0) is 20.1. The third-order valence-electron chi connectivity index (χ3n) is 4.13. The summed E-state index contributed by atoms with van der Waals surface area (Å²) in [5.74, 6) is 1.29. The van der Waals surface area contributed by atoms with Gasteiger partial charge in [-0.3, -0.25) is 0 Å². The Hall–Kier alpha value is -3.75. The molecular weight excluding hydrogens is 378 g/mol. The average Bonchev–Trinajstić information content (AvgIpc) is 2.75. The molecule has 0 atom stereocenters. The first kappa shape index (κ1) is 18.6. The van der Waals surface area contributed by atoms with Crippen LogP contribution in [-0.2, 0) is 6.42 Å². The number of nitrogens with one attached hydrogen (secondary N) is 1. The van der Waals surface area contributed by atoms with E-state index in [4.69, 9.17) is 4.74 Å². The number of hydrogen-bond donors (Lipinski definition) is 1. The molecular formula is C20H16F2N6O. The van der Waals surface area contributed by atoms with E-state index < -0.39 is 6.43 Å². The molecule has 0 saturated heterocycles. The molecule has 0 aliphatic rings. The Bertz CT molecular complexity index is 1100. The molecule has 7 nitrogen and oxygen atoms in total. The number of pyridine rings is 1. The Morgan fingerprint density at radius 1 is 0.897 bits per heavy atom. The average molecular weight is 394 g/mol. The van der Waals surface area contributed by atoms with Gasteiger partial charge >= 0.3 is 0 Å². The van der Waals surface area contributed by atoms with E-state index in [-0.39, 0.29) is 11.4 Å². The molecule has 4 aromatic rings. The second-order valence-electron chi connectivity index (χ2n) is 6.10. The second kappa shape index (κ2) is 8.51. The maximum absolute atomic E-state index is 12.8. The molecule has 0 aliphatic carbocycles. The lowest BCUT2D eigenvalue weighted by molar-refractivity contribution is 0.151. The van der Waals surface area contributed by atoms with Gasteiger partial charge in [-0.15, -0.1) is 0 Å². The Balaban J connectivity index is 1.35. The summed E-state index contributed by atoms with van der Waals surface area (Å²) in [5.41, 5.74) is 2.11. The minimum atomic E-state index is -2.56. The first-order valence-electron chi connectivity index (χ1n) is 8.85. The number of rotatable bonds is 7. The third-order valence-corrected chi connectivity index (χ3v) is 4.13. The van der Waals surface area contributed by atoms with Crippen LogP contribution in [0.4, 0.5) is 14.6 Å². The van der Waals surface area contributed by atoms with Crippen LogP contribution in [0.2, 0.25) is 0 Å². The summed E-state index contributed by atoms with van der Waals surface area (Å²) in [7, 11) is 0. The van der Waals surface area contributed by atoms with Gasteiger partial charge in [-0.2, -0.15) is 0 Å².